The fourth-order valence-corrected chi connectivity index (χ4v) is 1.46. The van der Waals surface area contributed by atoms with Crippen molar-refractivity contribution in [2.45, 2.75) is 19.8 Å². The third-order valence-corrected chi connectivity index (χ3v) is 2.63. The van der Waals surface area contributed by atoms with E-state index in [0.29, 0.717) is 13.1 Å². The maximum atomic E-state index is 11.3. The van der Waals surface area contributed by atoms with E-state index in [1.807, 2.05) is 13.1 Å². The standard InChI is InChI=1S/C13H24N6O/c1-9(2)12-17-10(14-3)8-11(18-12)15-6-7-16-13(20)19(4)5/h8-9H,6-7H2,1-5H3,(H,16,20)(H2,14,15,17,18). The third-order valence-electron chi connectivity index (χ3n) is 2.63. The Morgan fingerprint density at radius 3 is 2.45 bits per heavy atom. The highest BCUT2D eigenvalue weighted by Gasteiger charge is 2.07. The van der Waals surface area contributed by atoms with E-state index in [-0.39, 0.29) is 11.9 Å². The number of anilines is 2. The first-order chi connectivity index (χ1) is 9.43. The van der Waals surface area contributed by atoms with Crippen LogP contribution in [0.3, 0.4) is 0 Å². The Kier molecular flexibility index (Phi) is 6.02. The summed E-state index contributed by atoms with van der Waals surface area (Å²) in [5.41, 5.74) is 0. The lowest BCUT2D eigenvalue weighted by atomic mass is 10.2. The highest BCUT2D eigenvalue weighted by molar-refractivity contribution is 5.73. The Morgan fingerprint density at radius 1 is 1.25 bits per heavy atom. The van der Waals surface area contributed by atoms with Gasteiger partial charge in [-0.25, -0.2) is 14.8 Å². The predicted octanol–water partition coefficient (Wildman–Crippen LogP) is 1.32. The van der Waals surface area contributed by atoms with Crippen LogP contribution in [0.1, 0.15) is 25.6 Å². The normalized spacial score (nSPS) is 10.3. The summed E-state index contributed by atoms with van der Waals surface area (Å²) in [6.45, 7) is 5.25. The van der Waals surface area contributed by atoms with Crippen LogP contribution in [0.4, 0.5) is 16.4 Å². The van der Waals surface area contributed by atoms with E-state index in [1.165, 1.54) is 4.90 Å². The predicted molar refractivity (Wildman–Crippen MR) is 81.2 cm³/mol. The first kappa shape index (κ1) is 16.0. The number of rotatable bonds is 6. The van der Waals surface area contributed by atoms with E-state index < -0.39 is 0 Å². The molecule has 0 spiro atoms. The zero-order chi connectivity index (χ0) is 15.1. The number of carbonyl (C=O) groups excluding carboxylic acids is 1. The number of aromatic nitrogens is 2. The second-order valence-corrected chi connectivity index (χ2v) is 4.95. The number of nitrogens with zero attached hydrogens (tertiary/aromatic N) is 3. The molecule has 3 N–H and O–H groups in total. The molecule has 1 rings (SSSR count). The van der Waals surface area contributed by atoms with Gasteiger partial charge in [-0.15, -0.1) is 0 Å². The SMILES string of the molecule is CNc1cc(NCCNC(=O)N(C)C)nc(C(C)C)n1. The van der Waals surface area contributed by atoms with Gasteiger partial charge in [0.25, 0.3) is 0 Å². The van der Waals surface area contributed by atoms with Gasteiger partial charge < -0.3 is 20.9 Å². The molecule has 0 unspecified atom stereocenters. The van der Waals surface area contributed by atoms with Gasteiger partial charge in [0.05, 0.1) is 0 Å². The zero-order valence-corrected chi connectivity index (χ0v) is 12.8. The van der Waals surface area contributed by atoms with Gasteiger partial charge in [0.15, 0.2) is 0 Å². The van der Waals surface area contributed by atoms with Crippen LogP contribution in [0.25, 0.3) is 0 Å². The second-order valence-electron chi connectivity index (χ2n) is 4.95. The lowest BCUT2D eigenvalue weighted by Gasteiger charge is -2.13. The zero-order valence-electron chi connectivity index (χ0n) is 12.8. The van der Waals surface area contributed by atoms with Crippen molar-refractivity contribution in [3.05, 3.63) is 11.9 Å². The Hall–Kier alpha value is -2.05. The van der Waals surface area contributed by atoms with Gasteiger partial charge in [-0.3, -0.25) is 0 Å². The highest BCUT2D eigenvalue weighted by atomic mass is 16.2. The molecule has 0 radical (unpaired) electrons. The summed E-state index contributed by atoms with van der Waals surface area (Å²) >= 11 is 0. The molecule has 0 aliphatic heterocycles. The molecule has 1 aromatic heterocycles. The van der Waals surface area contributed by atoms with Crippen molar-refractivity contribution in [3.8, 4) is 0 Å². The van der Waals surface area contributed by atoms with Gasteiger partial charge in [-0.2, -0.15) is 0 Å². The van der Waals surface area contributed by atoms with Crippen LogP contribution in [0.2, 0.25) is 0 Å². The second kappa shape index (κ2) is 7.52. The van der Waals surface area contributed by atoms with Crippen molar-refractivity contribution in [2.75, 3.05) is 44.9 Å². The number of hydrogen-bond donors (Lipinski definition) is 3. The minimum Gasteiger partial charge on any atom is -0.373 e. The van der Waals surface area contributed by atoms with E-state index in [4.69, 9.17) is 0 Å². The molecule has 0 aliphatic carbocycles. The molecule has 0 fully saturated rings. The summed E-state index contributed by atoms with van der Waals surface area (Å²) in [5.74, 6) is 2.59. The molecule has 2 amide bonds. The Balaban J connectivity index is 2.55. The molecule has 7 heteroatoms. The smallest absolute Gasteiger partial charge is 0.316 e. The van der Waals surface area contributed by atoms with Crippen LogP contribution in [0.15, 0.2) is 6.07 Å². The number of amides is 2. The molecule has 1 heterocycles. The van der Waals surface area contributed by atoms with Crippen molar-refractivity contribution in [1.82, 2.24) is 20.2 Å². The average Bonchev–Trinajstić information content (AvgIpc) is 2.42. The quantitative estimate of drug-likeness (QED) is 0.685. The minimum atomic E-state index is -0.103. The van der Waals surface area contributed by atoms with Crippen molar-refractivity contribution in [2.24, 2.45) is 0 Å². The highest BCUT2D eigenvalue weighted by Crippen LogP contribution is 2.16. The third kappa shape index (κ3) is 4.91. The van der Waals surface area contributed by atoms with Crippen LogP contribution in [-0.2, 0) is 0 Å². The van der Waals surface area contributed by atoms with Gasteiger partial charge >= 0.3 is 6.03 Å². The Bertz CT molecular complexity index is 446. The molecule has 0 bridgehead atoms. The van der Waals surface area contributed by atoms with Crippen molar-refractivity contribution >= 4 is 17.7 Å². The number of urea groups is 1. The molecule has 0 saturated carbocycles. The van der Waals surface area contributed by atoms with E-state index in [1.54, 1.807) is 14.1 Å². The summed E-state index contributed by atoms with van der Waals surface area (Å²) in [6.07, 6.45) is 0. The largest absolute Gasteiger partial charge is 0.373 e. The molecule has 1 aromatic rings. The maximum Gasteiger partial charge on any atom is 0.316 e. The monoisotopic (exact) mass is 280 g/mol. The number of nitrogens with one attached hydrogen (secondary N) is 3. The molecule has 7 nitrogen and oxygen atoms in total. The summed E-state index contributed by atoms with van der Waals surface area (Å²) < 4.78 is 0. The minimum absolute atomic E-state index is 0.103. The van der Waals surface area contributed by atoms with Crippen molar-refractivity contribution < 1.29 is 4.79 Å². The van der Waals surface area contributed by atoms with Gasteiger partial charge in [-0.05, 0) is 0 Å². The molecule has 112 valence electrons. The van der Waals surface area contributed by atoms with Gasteiger partial charge in [0, 0.05) is 46.2 Å². The summed E-state index contributed by atoms with van der Waals surface area (Å²) in [6, 6.07) is 1.74. The van der Waals surface area contributed by atoms with E-state index >= 15 is 0 Å². The summed E-state index contributed by atoms with van der Waals surface area (Å²) in [4.78, 5) is 21.7. The number of hydrogen-bond acceptors (Lipinski definition) is 5. The Morgan fingerprint density at radius 2 is 1.90 bits per heavy atom. The van der Waals surface area contributed by atoms with Crippen LogP contribution < -0.4 is 16.0 Å². The fourth-order valence-electron chi connectivity index (χ4n) is 1.46. The van der Waals surface area contributed by atoms with Gasteiger partial charge in [0.1, 0.15) is 17.5 Å². The van der Waals surface area contributed by atoms with Crippen LogP contribution >= 0.6 is 0 Å². The van der Waals surface area contributed by atoms with E-state index in [2.05, 4.69) is 39.8 Å². The maximum absolute atomic E-state index is 11.3. The number of carbonyl (C=O) groups is 1. The molecular formula is C13H24N6O. The van der Waals surface area contributed by atoms with Crippen LogP contribution in [-0.4, -0.2) is 55.1 Å². The summed E-state index contributed by atoms with van der Waals surface area (Å²) in [5, 5.41) is 8.99. The fraction of sp³-hybridized carbons (Fsp3) is 0.615. The van der Waals surface area contributed by atoms with E-state index in [0.717, 1.165) is 17.5 Å². The molecular weight excluding hydrogens is 256 g/mol. The van der Waals surface area contributed by atoms with Crippen molar-refractivity contribution in [1.29, 1.82) is 0 Å². The lowest BCUT2D eigenvalue weighted by molar-refractivity contribution is 0.218. The first-order valence-electron chi connectivity index (χ1n) is 6.69. The lowest BCUT2D eigenvalue weighted by Crippen LogP contribution is -2.37. The molecule has 0 aromatic carbocycles. The van der Waals surface area contributed by atoms with Crippen LogP contribution in [0.5, 0.6) is 0 Å². The van der Waals surface area contributed by atoms with Crippen LogP contribution in [0, 0.1) is 0 Å². The average molecular weight is 280 g/mol. The topological polar surface area (TPSA) is 82.2 Å². The molecule has 0 aliphatic rings. The molecule has 20 heavy (non-hydrogen) atoms. The Labute approximate surface area is 120 Å². The first-order valence-corrected chi connectivity index (χ1v) is 6.69. The molecule has 0 saturated heterocycles. The van der Waals surface area contributed by atoms with Crippen molar-refractivity contribution in [3.63, 3.8) is 0 Å². The van der Waals surface area contributed by atoms with Gasteiger partial charge in [-0.1, -0.05) is 13.8 Å². The van der Waals surface area contributed by atoms with Gasteiger partial charge in [0.2, 0.25) is 0 Å². The van der Waals surface area contributed by atoms with E-state index in [9.17, 15) is 4.79 Å². The summed E-state index contributed by atoms with van der Waals surface area (Å²) in [7, 11) is 5.25. The molecule has 0 atom stereocenters.